The Hall–Kier alpha value is -3.49. The number of thiophene rings is 1. The standard InChI is InChI=1S/C25H28F4N8O2S/c1-11-5-14(11)21(38)33-23-19(22(39)30-9-12-8-25(12,28)29)15-6-13(3-4-17(15)40-23)37-10-31-34-24(37)32-18-7-16(20(26)27)35-36(18)2/h7,10-14,20H,3-6,8-9H2,1-2H3,(H,30,39)(H,32,34)(H,33,38)/t11-,12?,13?,14-/m0/s1. The Balaban J connectivity index is 1.25. The Morgan fingerprint density at radius 2 is 2.05 bits per heavy atom. The number of halogens is 4. The smallest absolute Gasteiger partial charge is 0.282 e. The van der Waals surface area contributed by atoms with Gasteiger partial charge in [-0.15, -0.1) is 21.5 Å². The van der Waals surface area contributed by atoms with Crippen LogP contribution in [0.3, 0.4) is 0 Å². The van der Waals surface area contributed by atoms with Gasteiger partial charge in [-0.25, -0.2) is 17.6 Å². The Labute approximate surface area is 230 Å². The molecular formula is C25H28F4N8O2S. The van der Waals surface area contributed by atoms with Gasteiger partial charge in [0.15, 0.2) is 0 Å². The molecule has 0 saturated heterocycles. The molecule has 0 spiro atoms. The predicted molar refractivity (Wildman–Crippen MR) is 138 cm³/mol. The first-order valence-corrected chi connectivity index (χ1v) is 13.9. The van der Waals surface area contributed by atoms with E-state index in [0.717, 1.165) is 16.9 Å². The summed E-state index contributed by atoms with van der Waals surface area (Å²) in [7, 11) is 1.54. The van der Waals surface area contributed by atoms with Gasteiger partial charge in [0.05, 0.1) is 5.56 Å². The topological polar surface area (TPSA) is 119 Å². The molecule has 214 valence electrons. The molecule has 0 aliphatic heterocycles. The van der Waals surface area contributed by atoms with Crippen molar-refractivity contribution in [2.24, 2.45) is 24.8 Å². The van der Waals surface area contributed by atoms with Crippen molar-refractivity contribution < 1.29 is 27.2 Å². The number of alkyl halides is 4. The Bertz CT molecular complexity index is 1470. The molecule has 2 unspecified atom stereocenters. The molecule has 3 heterocycles. The highest BCUT2D eigenvalue weighted by molar-refractivity contribution is 7.17. The summed E-state index contributed by atoms with van der Waals surface area (Å²) in [5, 5.41) is 20.9. The summed E-state index contributed by atoms with van der Waals surface area (Å²) in [6, 6.07) is 1.05. The molecule has 3 aromatic heterocycles. The monoisotopic (exact) mass is 580 g/mol. The highest BCUT2D eigenvalue weighted by Crippen LogP contribution is 2.48. The molecule has 3 aromatic rings. The van der Waals surface area contributed by atoms with E-state index in [-0.39, 0.29) is 42.4 Å². The minimum atomic E-state index is -2.76. The first-order chi connectivity index (χ1) is 19.0. The number of amides is 2. The van der Waals surface area contributed by atoms with E-state index in [9.17, 15) is 27.2 Å². The highest BCUT2D eigenvalue weighted by Gasteiger charge is 2.56. The fourth-order valence-corrected chi connectivity index (χ4v) is 6.49. The van der Waals surface area contributed by atoms with Crippen LogP contribution in [0.15, 0.2) is 12.4 Å². The van der Waals surface area contributed by atoms with E-state index in [1.165, 1.54) is 35.5 Å². The van der Waals surface area contributed by atoms with E-state index in [1.807, 2.05) is 6.92 Å². The molecule has 10 nitrogen and oxygen atoms in total. The summed E-state index contributed by atoms with van der Waals surface area (Å²) in [6.07, 6.45) is 1.04. The molecule has 3 aliphatic carbocycles. The lowest BCUT2D eigenvalue weighted by Gasteiger charge is -2.25. The van der Waals surface area contributed by atoms with Crippen LogP contribution in [-0.2, 0) is 24.7 Å². The van der Waals surface area contributed by atoms with Crippen LogP contribution in [0.1, 0.15) is 65.1 Å². The number of rotatable bonds is 9. The van der Waals surface area contributed by atoms with E-state index in [4.69, 9.17) is 0 Å². The third-order valence-electron chi connectivity index (χ3n) is 7.94. The lowest BCUT2D eigenvalue weighted by Crippen LogP contribution is -2.29. The van der Waals surface area contributed by atoms with Crippen LogP contribution in [0.2, 0.25) is 0 Å². The summed E-state index contributed by atoms with van der Waals surface area (Å²) in [5.74, 6) is -3.45. The number of anilines is 3. The fraction of sp³-hybridized carbons (Fsp3) is 0.560. The first kappa shape index (κ1) is 26.7. The fourth-order valence-electron chi connectivity index (χ4n) is 5.25. The zero-order valence-corrected chi connectivity index (χ0v) is 22.6. The molecule has 0 aromatic carbocycles. The number of nitrogens with zero attached hydrogens (tertiary/aromatic N) is 5. The van der Waals surface area contributed by atoms with Crippen molar-refractivity contribution >= 4 is 39.9 Å². The number of carbonyl (C=O) groups excluding carboxylic acids is 2. The maximum absolute atomic E-state index is 13.4. The lowest BCUT2D eigenvalue weighted by atomic mass is 9.91. The number of aromatic nitrogens is 5. The SMILES string of the molecule is C[C@H]1C[C@@H]1C(=O)Nc1sc2c(c1C(=O)NCC1CC1(F)F)CC(n1cnnc1Nc1cc(C(F)F)nn1C)CC2. The zero-order valence-electron chi connectivity index (χ0n) is 21.8. The highest BCUT2D eigenvalue weighted by atomic mass is 32.1. The van der Waals surface area contributed by atoms with Crippen molar-refractivity contribution in [2.45, 2.75) is 57.4 Å². The van der Waals surface area contributed by atoms with Crippen molar-refractivity contribution in [1.29, 1.82) is 0 Å². The van der Waals surface area contributed by atoms with Gasteiger partial charge in [-0.3, -0.25) is 18.8 Å². The van der Waals surface area contributed by atoms with E-state index in [2.05, 4.69) is 31.2 Å². The quantitative estimate of drug-likeness (QED) is 0.322. The molecule has 4 atom stereocenters. The molecule has 3 N–H and O–H groups in total. The van der Waals surface area contributed by atoms with Gasteiger partial charge >= 0.3 is 0 Å². The third-order valence-corrected chi connectivity index (χ3v) is 9.15. The number of fused-ring (bicyclic) bond motifs is 1. The van der Waals surface area contributed by atoms with E-state index in [1.54, 1.807) is 4.57 Å². The van der Waals surface area contributed by atoms with Crippen LogP contribution in [0.5, 0.6) is 0 Å². The van der Waals surface area contributed by atoms with Crippen LogP contribution < -0.4 is 16.0 Å². The normalized spacial score (nSPS) is 24.5. The molecule has 2 fully saturated rings. The van der Waals surface area contributed by atoms with Crippen molar-refractivity contribution in [3.63, 3.8) is 0 Å². The molecule has 15 heteroatoms. The predicted octanol–water partition coefficient (Wildman–Crippen LogP) is 4.46. The molecule has 2 saturated carbocycles. The molecule has 0 bridgehead atoms. The maximum atomic E-state index is 13.4. The van der Waals surface area contributed by atoms with Gasteiger partial charge < -0.3 is 16.0 Å². The number of hydrogen-bond acceptors (Lipinski definition) is 7. The van der Waals surface area contributed by atoms with Gasteiger partial charge in [0.2, 0.25) is 11.9 Å². The van der Waals surface area contributed by atoms with Crippen LogP contribution in [0.4, 0.5) is 34.3 Å². The summed E-state index contributed by atoms with van der Waals surface area (Å²) in [6.45, 7) is 1.85. The minimum absolute atomic E-state index is 0.101. The maximum Gasteiger partial charge on any atom is 0.282 e. The average molecular weight is 581 g/mol. The Kier molecular flexibility index (Phi) is 6.58. The minimum Gasteiger partial charge on any atom is -0.351 e. The largest absolute Gasteiger partial charge is 0.351 e. The molecule has 2 amide bonds. The molecule has 3 aliphatic rings. The van der Waals surface area contributed by atoms with Crippen LogP contribution in [-0.4, -0.2) is 48.8 Å². The van der Waals surface area contributed by atoms with E-state index < -0.39 is 24.2 Å². The molecular weight excluding hydrogens is 552 g/mol. The summed E-state index contributed by atoms with van der Waals surface area (Å²) in [4.78, 5) is 27.1. The van der Waals surface area contributed by atoms with Crippen LogP contribution >= 0.6 is 11.3 Å². The third kappa shape index (κ3) is 5.06. The van der Waals surface area contributed by atoms with Gasteiger partial charge in [-0.05, 0) is 37.2 Å². The van der Waals surface area contributed by atoms with Crippen molar-refractivity contribution in [2.75, 3.05) is 17.2 Å². The molecule has 0 radical (unpaired) electrons. The number of carbonyl (C=O) groups is 2. The van der Waals surface area contributed by atoms with E-state index >= 15 is 0 Å². The van der Waals surface area contributed by atoms with Crippen molar-refractivity contribution in [1.82, 2.24) is 29.9 Å². The summed E-state index contributed by atoms with van der Waals surface area (Å²) >= 11 is 1.35. The zero-order chi connectivity index (χ0) is 28.3. The lowest BCUT2D eigenvalue weighted by molar-refractivity contribution is -0.117. The summed E-state index contributed by atoms with van der Waals surface area (Å²) in [5.41, 5.74) is 0.693. The van der Waals surface area contributed by atoms with Gasteiger partial charge in [-0.2, -0.15) is 5.10 Å². The van der Waals surface area contributed by atoms with Crippen LogP contribution in [0, 0.1) is 17.8 Å². The number of aryl methyl sites for hydroxylation is 2. The second kappa shape index (κ2) is 9.85. The average Bonchev–Trinajstić information content (AvgIpc) is 3.51. The molecule has 40 heavy (non-hydrogen) atoms. The van der Waals surface area contributed by atoms with Gasteiger partial charge in [0.1, 0.15) is 22.8 Å². The number of nitrogens with one attached hydrogen (secondary N) is 3. The number of hydrogen-bond donors (Lipinski definition) is 3. The van der Waals surface area contributed by atoms with Gasteiger partial charge in [-0.1, -0.05) is 6.92 Å². The Morgan fingerprint density at radius 3 is 2.70 bits per heavy atom. The van der Waals surface area contributed by atoms with Crippen molar-refractivity contribution in [3.8, 4) is 0 Å². The second-order valence-corrected chi connectivity index (χ2v) is 12.0. The first-order valence-electron chi connectivity index (χ1n) is 13.1. The van der Waals surface area contributed by atoms with Gasteiger partial charge in [0, 0.05) is 48.8 Å². The molecule has 6 rings (SSSR count). The van der Waals surface area contributed by atoms with Crippen molar-refractivity contribution in [3.05, 3.63) is 34.1 Å². The van der Waals surface area contributed by atoms with E-state index in [0.29, 0.717) is 41.6 Å². The van der Waals surface area contributed by atoms with Crippen LogP contribution in [0.25, 0.3) is 0 Å². The van der Waals surface area contributed by atoms with Gasteiger partial charge in [0.25, 0.3) is 18.3 Å². The second-order valence-electron chi connectivity index (χ2n) is 10.9. The summed E-state index contributed by atoms with van der Waals surface area (Å²) < 4.78 is 56.2. The Morgan fingerprint density at radius 1 is 1.30 bits per heavy atom.